The number of carbonyl (C=O) groups excluding carboxylic acids is 2. The van der Waals surface area contributed by atoms with E-state index in [2.05, 4.69) is 47.0 Å². The molecule has 0 saturated carbocycles. The molecule has 17 nitrogen and oxygen atoms in total. The Morgan fingerprint density at radius 3 is 1.46 bits per heavy atom. The predicted octanol–water partition coefficient (Wildman–Crippen LogP) is 2.78. The standard InChI is InChI=1S/C33H37N9O8S2/c43-32(26-12-14-30(37-20-26)41-39-22-24-8-1-3-10-28(24)51(45,46)47)35-18-6-5-16-34-17-7-19-36-33(44)27-13-15-31(38-21-27)42-40-23-25-9-2-4-11-29(25)52(48,49)50/h1-4,8-15,20-23,34H,5-7,16-19H2,(H,35,43)(H,36,44)(H,37,41)(H,38,42)(H,45,46,47)(H,48,49,50)/b39-22?,40-23+. The third-order valence-corrected chi connectivity index (χ3v) is 8.95. The Kier molecular flexibility index (Phi) is 14.4. The van der Waals surface area contributed by atoms with E-state index in [-0.39, 0.29) is 32.7 Å². The van der Waals surface area contributed by atoms with Gasteiger partial charge in [0.25, 0.3) is 32.1 Å². The maximum absolute atomic E-state index is 12.4. The van der Waals surface area contributed by atoms with Crippen molar-refractivity contribution in [1.82, 2.24) is 25.9 Å². The topological polar surface area (TPSA) is 254 Å². The maximum atomic E-state index is 12.4. The maximum Gasteiger partial charge on any atom is 0.295 e. The van der Waals surface area contributed by atoms with Crippen LogP contribution in [0.5, 0.6) is 0 Å². The molecular formula is C33H37N9O8S2. The lowest BCUT2D eigenvalue weighted by Crippen LogP contribution is -2.28. The SMILES string of the molecule is O=C(NCCCCNCCCNC(=O)c1ccc(N/N=C/c2ccccc2S(=O)(=O)O)nc1)c1ccc(NN=Cc2ccccc2S(=O)(=O)O)nc1. The van der Waals surface area contributed by atoms with Crippen LogP contribution in [0.1, 0.15) is 51.1 Å². The van der Waals surface area contributed by atoms with Crippen LogP contribution in [-0.2, 0) is 20.2 Å². The molecule has 0 aliphatic carbocycles. The summed E-state index contributed by atoms with van der Waals surface area (Å²) < 4.78 is 64.6. The molecule has 0 unspecified atom stereocenters. The molecule has 0 saturated heterocycles. The fourth-order valence-electron chi connectivity index (χ4n) is 4.49. The molecule has 19 heteroatoms. The van der Waals surface area contributed by atoms with Gasteiger partial charge in [0.1, 0.15) is 21.4 Å². The molecule has 0 aliphatic rings. The van der Waals surface area contributed by atoms with E-state index in [0.717, 1.165) is 19.4 Å². The molecule has 0 atom stereocenters. The largest absolute Gasteiger partial charge is 0.352 e. The van der Waals surface area contributed by atoms with E-state index in [4.69, 9.17) is 0 Å². The van der Waals surface area contributed by atoms with E-state index in [9.17, 15) is 35.5 Å². The van der Waals surface area contributed by atoms with Gasteiger partial charge >= 0.3 is 0 Å². The molecule has 2 aromatic carbocycles. The molecule has 4 rings (SSSR count). The number of hydrazone groups is 2. The Bertz CT molecular complexity index is 1940. The van der Waals surface area contributed by atoms with Gasteiger partial charge in [0.05, 0.1) is 23.6 Å². The van der Waals surface area contributed by atoms with Crippen LogP contribution in [0.3, 0.4) is 0 Å². The second-order valence-electron chi connectivity index (χ2n) is 11.0. The van der Waals surface area contributed by atoms with Crippen molar-refractivity contribution in [3.05, 3.63) is 107 Å². The second kappa shape index (κ2) is 19.1. The van der Waals surface area contributed by atoms with Gasteiger partial charge in [-0.3, -0.25) is 29.5 Å². The summed E-state index contributed by atoms with van der Waals surface area (Å²) in [4.78, 5) is 32.6. The highest BCUT2D eigenvalue weighted by Crippen LogP contribution is 2.14. The molecule has 2 amide bonds. The van der Waals surface area contributed by atoms with Gasteiger partial charge in [-0.1, -0.05) is 36.4 Å². The van der Waals surface area contributed by atoms with Gasteiger partial charge in [-0.2, -0.15) is 27.0 Å². The number of hydrogen-bond donors (Lipinski definition) is 7. The molecule has 0 radical (unpaired) electrons. The zero-order chi connectivity index (χ0) is 37.4. The lowest BCUT2D eigenvalue weighted by atomic mass is 10.2. The number of unbranched alkanes of at least 4 members (excludes halogenated alkanes) is 1. The van der Waals surface area contributed by atoms with E-state index >= 15 is 0 Å². The summed E-state index contributed by atoms with van der Waals surface area (Å²) in [7, 11) is -8.79. The fraction of sp³-hybridized carbons (Fsp3) is 0.212. The Morgan fingerprint density at radius 1 is 0.596 bits per heavy atom. The van der Waals surface area contributed by atoms with E-state index in [0.29, 0.717) is 48.8 Å². The monoisotopic (exact) mass is 751 g/mol. The van der Waals surface area contributed by atoms with E-state index < -0.39 is 20.2 Å². The summed E-state index contributed by atoms with van der Waals surface area (Å²) in [5, 5.41) is 16.9. The minimum Gasteiger partial charge on any atom is -0.352 e. The first-order valence-corrected chi connectivity index (χ1v) is 18.7. The summed E-state index contributed by atoms with van der Waals surface area (Å²) in [6.45, 7) is 2.36. The number of anilines is 2. The number of aromatic nitrogens is 2. The molecule has 4 aromatic rings. The highest BCUT2D eigenvalue weighted by Gasteiger charge is 2.14. The van der Waals surface area contributed by atoms with E-state index in [1.165, 1.54) is 61.2 Å². The number of nitrogens with one attached hydrogen (secondary N) is 5. The lowest BCUT2D eigenvalue weighted by Gasteiger charge is -2.08. The summed E-state index contributed by atoms with van der Waals surface area (Å²) in [6.07, 6.45) is 7.53. The minimum atomic E-state index is -4.40. The molecular weight excluding hydrogens is 715 g/mol. The van der Waals surface area contributed by atoms with Gasteiger partial charge in [0.15, 0.2) is 0 Å². The Hall–Kier alpha value is -5.60. The van der Waals surface area contributed by atoms with Crippen molar-refractivity contribution >= 4 is 56.1 Å². The van der Waals surface area contributed by atoms with Crippen molar-refractivity contribution in [3.8, 4) is 0 Å². The Labute approximate surface area is 300 Å². The van der Waals surface area contributed by atoms with Crippen molar-refractivity contribution in [2.24, 2.45) is 10.2 Å². The minimum absolute atomic E-state index is 0.192. The molecule has 52 heavy (non-hydrogen) atoms. The van der Waals surface area contributed by atoms with Crippen LogP contribution < -0.4 is 26.8 Å². The number of benzene rings is 2. The highest BCUT2D eigenvalue weighted by atomic mass is 32.2. The van der Waals surface area contributed by atoms with E-state index in [1.807, 2.05) is 0 Å². The number of nitrogens with zero attached hydrogens (tertiary/aromatic N) is 4. The zero-order valence-electron chi connectivity index (χ0n) is 27.6. The average Bonchev–Trinajstić information content (AvgIpc) is 3.12. The second-order valence-corrected chi connectivity index (χ2v) is 13.7. The van der Waals surface area contributed by atoms with Gasteiger partial charge in [0.2, 0.25) is 0 Å². The third-order valence-electron chi connectivity index (χ3n) is 7.09. The van der Waals surface area contributed by atoms with Crippen LogP contribution in [0.4, 0.5) is 11.6 Å². The highest BCUT2D eigenvalue weighted by molar-refractivity contribution is 7.86. The normalized spacial score (nSPS) is 11.8. The Balaban J connectivity index is 1.04. The van der Waals surface area contributed by atoms with Gasteiger partial charge in [-0.25, -0.2) is 9.97 Å². The van der Waals surface area contributed by atoms with Crippen molar-refractivity contribution in [2.45, 2.75) is 29.1 Å². The van der Waals surface area contributed by atoms with Gasteiger partial charge in [-0.15, -0.1) is 0 Å². The van der Waals surface area contributed by atoms with E-state index in [1.54, 1.807) is 36.4 Å². The summed E-state index contributed by atoms with van der Waals surface area (Å²) in [5.74, 6) is 0.102. The van der Waals surface area contributed by atoms with Crippen molar-refractivity contribution in [1.29, 1.82) is 0 Å². The number of rotatable bonds is 19. The quantitative estimate of drug-likeness (QED) is 0.0315. The van der Waals surface area contributed by atoms with Crippen molar-refractivity contribution < 1.29 is 35.5 Å². The fourth-order valence-corrected chi connectivity index (χ4v) is 5.83. The van der Waals surface area contributed by atoms with Crippen LogP contribution in [0.2, 0.25) is 0 Å². The molecule has 2 heterocycles. The first-order valence-electron chi connectivity index (χ1n) is 15.8. The number of pyridine rings is 2. The molecule has 274 valence electrons. The van der Waals surface area contributed by atoms with Crippen molar-refractivity contribution in [3.63, 3.8) is 0 Å². The number of amides is 2. The summed E-state index contributed by atoms with van der Waals surface area (Å²) >= 11 is 0. The molecule has 0 spiro atoms. The van der Waals surface area contributed by atoms with Crippen LogP contribution in [0, 0.1) is 0 Å². The predicted molar refractivity (Wildman–Crippen MR) is 195 cm³/mol. The van der Waals surface area contributed by atoms with Crippen LogP contribution in [0.25, 0.3) is 0 Å². The third kappa shape index (κ3) is 12.6. The summed E-state index contributed by atoms with van der Waals surface area (Å²) in [5.41, 5.74) is 6.40. The average molecular weight is 752 g/mol. The molecule has 0 bridgehead atoms. The number of carbonyl (C=O) groups is 2. The first-order chi connectivity index (χ1) is 24.9. The molecule has 2 aromatic heterocycles. The van der Waals surface area contributed by atoms with Gasteiger partial charge in [-0.05, 0) is 68.8 Å². The smallest absolute Gasteiger partial charge is 0.295 e. The lowest BCUT2D eigenvalue weighted by molar-refractivity contribution is 0.0944. The van der Waals surface area contributed by atoms with Crippen LogP contribution in [-0.4, -0.2) is 86.3 Å². The van der Waals surface area contributed by atoms with Gasteiger partial charge in [0, 0.05) is 36.6 Å². The van der Waals surface area contributed by atoms with Crippen molar-refractivity contribution in [2.75, 3.05) is 37.0 Å². The van der Waals surface area contributed by atoms with Crippen LogP contribution in [0.15, 0.2) is 105 Å². The molecule has 7 N–H and O–H groups in total. The molecule has 0 aliphatic heterocycles. The van der Waals surface area contributed by atoms with Gasteiger partial charge < -0.3 is 16.0 Å². The number of hydrogen-bond acceptors (Lipinski definition) is 13. The zero-order valence-corrected chi connectivity index (χ0v) is 29.3. The molecule has 0 fully saturated rings. The Morgan fingerprint density at radius 2 is 1.02 bits per heavy atom. The summed E-state index contributed by atoms with van der Waals surface area (Å²) in [6, 6.07) is 17.9. The van der Waals surface area contributed by atoms with Crippen LogP contribution >= 0.6 is 0 Å². The first kappa shape index (κ1) is 39.2.